The van der Waals surface area contributed by atoms with Gasteiger partial charge in [-0.15, -0.1) is 5.10 Å². The summed E-state index contributed by atoms with van der Waals surface area (Å²) in [6.07, 6.45) is 1.66. The molecule has 138 valence electrons. The van der Waals surface area contributed by atoms with Crippen LogP contribution >= 0.6 is 0 Å². The molecule has 0 radical (unpaired) electrons. The van der Waals surface area contributed by atoms with Crippen LogP contribution in [0.2, 0.25) is 0 Å². The van der Waals surface area contributed by atoms with Gasteiger partial charge < -0.3 is 10.6 Å². The van der Waals surface area contributed by atoms with Gasteiger partial charge in [0.25, 0.3) is 5.91 Å². The van der Waals surface area contributed by atoms with Gasteiger partial charge in [-0.3, -0.25) is 4.79 Å². The van der Waals surface area contributed by atoms with Gasteiger partial charge >= 0.3 is 0 Å². The fourth-order valence-corrected chi connectivity index (χ4v) is 3.12. The van der Waals surface area contributed by atoms with Gasteiger partial charge in [0.15, 0.2) is 5.69 Å². The highest BCUT2D eigenvalue weighted by atomic mass is 16.1. The van der Waals surface area contributed by atoms with Gasteiger partial charge in [-0.25, -0.2) is 0 Å². The number of aromatic nitrogens is 2. The van der Waals surface area contributed by atoms with Crippen LogP contribution in [0.5, 0.6) is 0 Å². The Morgan fingerprint density at radius 2 is 1.61 bits per heavy atom. The van der Waals surface area contributed by atoms with Gasteiger partial charge in [0.05, 0.1) is 17.6 Å². The molecule has 0 saturated carbocycles. The van der Waals surface area contributed by atoms with Crippen molar-refractivity contribution in [1.82, 2.24) is 10.2 Å². The summed E-state index contributed by atoms with van der Waals surface area (Å²) in [7, 11) is 0. The number of nitrogens with zero attached hydrogens (tertiary/aromatic N) is 2. The first-order valence-corrected chi connectivity index (χ1v) is 9.11. The molecule has 1 heterocycles. The molecule has 4 rings (SSSR count). The largest absolute Gasteiger partial charge is 0.379 e. The van der Waals surface area contributed by atoms with E-state index in [4.69, 9.17) is 0 Å². The molecule has 2 N–H and O–H groups in total. The van der Waals surface area contributed by atoms with Crippen LogP contribution in [0, 0.1) is 6.92 Å². The van der Waals surface area contributed by atoms with E-state index < -0.39 is 0 Å². The minimum atomic E-state index is -0.283. The maximum Gasteiger partial charge on any atom is 0.276 e. The third-order valence-electron chi connectivity index (χ3n) is 4.69. The van der Waals surface area contributed by atoms with E-state index in [1.54, 1.807) is 6.20 Å². The Morgan fingerprint density at radius 3 is 2.46 bits per heavy atom. The number of benzene rings is 3. The third kappa shape index (κ3) is 3.69. The summed E-state index contributed by atoms with van der Waals surface area (Å²) >= 11 is 0. The summed E-state index contributed by atoms with van der Waals surface area (Å²) in [5, 5.41) is 16.1. The van der Waals surface area contributed by atoms with Crippen LogP contribution < -0.4 is 10.6 Å². The molecule has 5 heteroatoms. The number of carbonyl (C=O) groups is 1. The van der Waals surface area contributed by atoms with Crippen LogP contribution in [-0.4, -0.2) is 16.1 Å². The van der Waals surface area contributed by atoms with Gasteiger partial charge in [-0.1, -0.05) is 60.7 Å². The number of carbonyl (C=O) groups excluding carboxylic acids is 1. The lowest BCUT2D eigenvalue weighted by atomic mass is 10.1. The molecule has 0 atom stereocenters. The molecule has 4 aromatic rings. The second kappa shape index (κ2) is 7.88. The highest BCUT2D eigenvalue weighted by Crippen LogP contribution is 2.24. The zero-order chi connectivity index (χ0) is 19.3. The van der Waals surface area contributed by atoms with Crippen molar-refractivity contribution in [3.63, 3.8) is 0 Å². The third-order valence-corrected chi connectivity index (χ3v) is 4.69. The normalized spacial score (nSPS) is 10.6. The monoisotopic (exact) mass is 368 g/mol. The smallest absolute Gasteiger partial charge is 0.276 e. The molecule has 1 amide bonds. The summed E-state index contributed by atoms with van der Waals surface area (Å²) < 4.78 is 0. The number of hydrogen-bond acceptors (Lipinski definition) is 4. The number of amides is 1. The van der Waals surface area contributed by atoms with Gasteiger partial charge in [-0.2, -0.15) is 5.10 Å². The molecular formula is C23H20N4O. The lowest BCUT2D eigenvalue weighted by Crippen LogP contribution is -2.16. The number of nitrogens with one attached hydrogen (secondary N) is 2. The van der Waals surface area contributed by atoms with Crippen molar-refractivity contribution in [1.29, 1.82) is 0 Å². The van der Waals surface area contributed by atoms with Crippen molar-refractivity contribution in [3.8, 4) is 0 Å². The molecule has 0 saturated heterocycles. The Bertz CT molecular complexity index is 1130. The average Bonchev–Trinajstić information content (AvgIpc) is 2.73. The van der Waals surface area contributed by atoms with Crippen molar-refractivity contribution in [3.05, 3.63) is 95.8 Å². The van der Waals surface area contributed by atoms with E-state index in [2.05, 4.69) is 39.9 Å². The number of aryl methyl sites for hydroxylation is 1. The zero-order valence-corrected chi connectivity index (χ0v) is 15.5. The minimum Gasteiger partial charge on any atom is -0.379 e. The number of rotatable bonds is 5. The summed E-state index contributed by atoms with van der Waals surface area (Å²) in [5.41, 5.74) is 4.31. The Hall–Kier alpha value is -3.73. The van der Waals surface area contributed by atoms with E-state index in [1.165, 1.54) is 11.1 Å². The lowest BCUT2D eigenvalue weighted by Gasteiger charge is -2.14. The second-order valence-corrected chi connectivity index (χ2v) is 6.56. The van der Waals surface area contributed by atoms with E-state index in [1.807, 2.05) is 60.7 Å². The van der Waals surface area contributed by atoms with Crippen LogP contribution in [0.15, 0.2) is 79.0 Å². The highest BCUT2D eigenvalue weighted by Gasteiger charge is 2.14. The topological polar surface area (TPSA) is 66.9 Å². The van der Waals surface area contributed by atoms with Crippen molar-refractivity contribution in [2.24, 2.45) is 0 Å². The molecule has 0 aliphatic carbocycles. The molecule has 0 bridgehead atoms. The average molecular weight is 368 g/mol. The van der Waals surface area contributed by atoms with Crippen molar-refractivity contribution < 1.29 is 4.79 Å². The second-order valence-electron chi connectivity index (χ2n) is 6.56. The summed E-state index contributed by atoms with van der Waals surface area (Å²) in [6.45, 7) is 2.76. The number of para-hydroxylation sites is 2. The zero-order valence-electron chi connectivity index (χ0n) is 15.5. The fourth-order valence-electron chi connectivity index (χ4n) is 3.12. The first kappa shape index (κ1) is 17.7. The maximum absolute atomic E-state index is 12.9. The van der Waals surface area contributed by atoms with Crippen molar-refractivity contribution in [2.75, 3.05) is 10.6 Å². The van der Waals surface area contributed by atoms with E-state index in [9.17, 15) is 4.79 Å². The Balaban J connectivity index is 1.57. The van der Waals surface area contributed by atoms with Gasteiger partial charge in [0.2, 0.25) is 0 Å². The molecule has 28 heavy (non-hydrogen) atoms. The van der Waals surface area contributed by atoms with E-state index in [0.717, 1.165) is 16.5 Å². The standard InChI is InChI=1S/C23H20N4O/c1-16-8-2-3-9-17(16)14-24-20-12-6-7-13-21(20)26-23(28)22-19-11-5-4-10-18(19)15-25-27-22/h2-13,15,24H,14H2,1H3,(H,26,28). The molecule has 0 aliphatic heterocycles. The first-order valence-electron chi connectivity index (χ1n) is 9.11. The molecule has 0 fully saturated rings. The number of anilines is 2. The van der Waals surface area contributed by atoms with Gasteiger partial charge in [0.1, 0.15) is 0 Å². The van der Waals surface area contributed by atoms with E-state index in [-0.39, 0.29) is 5.91 Å². The lowest BCUT2D eigenvalue weighted by molar-refractivity contribution is 0.102. The van der Waals surface area contributed by atoms with E-state index >= 15 is 0 Å². The molecular weight excluding hydrogens is 348 g/mol. The first-order chi connectivity index (χ1) is 13.7. The quantitative estimate of drug-likeness (QED) is 0.531. The van der Waals surface area contributed by atoms with Crippen LogP contribution in [0.1, 0.15) is 21.6 Å². The number of hydrogen-bond donors (Lipinski definition) is 2. The Morgan fingerprint density at radius 1 is 0.893 bits per heavy atom. The van der Waals surface area contributed by atoms with Gasteiger partial charge in [0, 0.05) is 17.3 Å². The fraction of sp³-hybridized carbons (Fsp3) is 0.0870. The van der Waals surface area contributed by atoms with Crippen LogP contribution in [0.3, 0.4) is 0 Å². The summed E-state index contributed by atoms with van der Waals surface area (Å²) in [6, 6.07) is 23.5. The Labute approximate surface area is 163 Å². The van der Waals surface area contributed by atoms with Crippen LogP contribution in [-0.2, 0) is 6.54 Å². The Kier molecular flexibility index (Phi) is 4.97. The summed E-state index contributed by atoms with van der Waals surface area (Å²) in [5.74, 6) is -0.283. The molecule has 0 aliphatic rings. The van der Waals surface area contributed by atoms with Crippen LogP contribution in [0.25, 0.3) is 10.8 Å². The van der Waals surface area contributed by atoms with E-state index in [0.29, 0.717) is 17.9 Å². The minimum absolute atomic E-state index is 0.283. The predicted octanol–water partition coefficient (Wildman–Crippen LogP) is 4.80. The molecule has 3 aromatic carbocycles. The molecule has 1 aromatic heterocycles. The van der Waals surface area contributed by atoms with Crippen molar-refractivity contribution >= 4 is 28.1 Å². The number of fused-ring (bicyclic) bond motifs is 1. The molecule has 0 spiro atoms. The maximum atomic E-state index is 12.9. The molecule has 0 unspecified atom stereocenters. The van der Waals surface area contributed by atoms with Gasteiger partial charge in [-0.05, 0) is 30.2 Å². The predicted molar refractivity (Wildman–Crippen MR) is 112 cm³/mol. The summed E-state index contributed by atoms with van der Waals surface area (Å²) in [4.78, 5) is 12.9. The SMILES string of the molecule is Cc1ccccc1CNc1ccccc1NC(=O)c1nncc2ccccc12. The molecule has 5 nitrogen and oxygen atoms in total. The highest BCUT2D eigenvalue weighted by molar-refractivity contribution is 6.12. The van der Waals surface area contributed by atoms with Crippen molar-refractivity contribution in [2.45, 2.75) is 13.5 Å². The van der Waals surface area contributed by atoms with Crippen LogP contribution in [0.4, 0.5) is 11.4 Å².